The van der Waals surface area contributed by atoms with Crippen LogP contribution in [0, 0.1) is 22.7 Å². The van der Waals surface area contributed by atoms with E-state index in [1.54, 1.807) is 23.1 Å². The molecule has 6 rings (SSSR count). The second-order valence-electron chi connectivity index (χ2n) is 12.1. The number of anilines is 1. The average molecular weight is 488 g/mol. The Morgan fingerprint density at radius 3 is 2.41 bits per heavy atom. The number of nitrogens with zero attached hydrogens (tertiary/aromatic N) is 1. The zero-order valence-corrected chi connectivity index (χ0v) is 20.7. The van der Waals surface area contributed by atoms with Gasteiger partial charge >= 0.3 is 12.0 Å². The highest BCUT2D eigenvalue weighted by atomic mass is 35.5. The van der Waals surface area contributed by atoms with Crippen LogP contribution in [0.1, 0.15) is 75.6 Å². The monoisotopic (exact) mass is 487 g/mol. The molecule has 8 heteroatoms. The molecule has 4 bridgehead atoms. The molecule has 1 aliphatic heterocycles. The Kier molecular flexibility index (Phi) is 5.62. The van der Waals surface area contributed by atoms with Gasteiger partial charge in [0, 0.05) is 24.2 Å². The maximum absolute atomic E-state index is 13.0. The molecule has 184 valence electrons. The van der Waals surface area contributed by atoms with Crippen LogP contribution in [-0.2, 0) is 4.79 Å². The fourth-order valence-electron chi connectivity index (χ4n) is 8.28. The summed E-state index contributed by atoms with van der Waals surface area (Å²) >= 11 is 6.45. The van der Waals surface area contributed by atoms with Crippen molar-refractivity contribution in [3.8, 4) is 0 Å². The summed E-state index contributed by atoms with van der Waals surface area (Å²) in [5, 5.41) is 15.8. The number of carboxylic acids is 1. The van der Waals surface area contributed by atoms with Gasteiger partial charge in [0.05, 0.1) is 16.6 Å². The first-order valence-corrected chi connectivity index (χ1v) is 12.8. The third-order valence-electron chi connectivity index (χ3n) is 8.53. The lowest BCUT2D eigenvalue weighted by atomic mass is 9.43. The molecular formula is C26H34ClN3O4. The van der Waals surface area contributed by atoms with Crippen molar-refractivity contribution in [2.45, 2.75) is 70.8 Å². The fourth-order valence-corrected chi connectivity index (χ4v) is 8.50. The van der Waals surface area contributed by atoms with Crippen LogP contribution in [-0.4, -0.2) is 46.5 Å². The Morgan fingerprint density at radius 1 is 1.09 bits per heavy atom. The van der Waals surface area contributed by atoms with Crippen LogP contribution in [0.3, 0.4) is 0 Å². The Bertz CT molecular complexity index is 1020. The number of piperidine rings is 1. The van der Waals surface area contributed by atoms with Crippen molar-refractivity contribution in [1.29, 1.82) is 0 Å². The molecule has 5 atom stereocenters. The van der Waals surface area contributed by atoms with E-state index in [0.29, 0.717) is 47.4 Å². The first-order valence-electron chi connectivity index (χ1n) is 12.4. The Morgan fingerprint density at radius 2 is 1.79 bits per heavy atom. The molecule has 3 unspecified atom stereocenters. The molecule has 4 saturated carbocycles. The van der Waals surface area contributed by atoms with E-state index >= 15 is 0 Å². The summed E-state index contributed by atoms with van der Waals surface area (Å²) in [6.45, 7) is 5.48. The van der Waals surface area contributed by atoms with Crippen molar-refractivity contribution in [3.63, 3.8) is 0 Å². The lowest BCUT2D eigenvalue weighted by molar-refractivity contribution is -0.143. The van der Waals surface area contributed by atoms with E-state index in [1.807, 2.05) is 0 Å². The summed E-state index contributed by atoms with van der Waals surface area (Å²) in [7, 11) is 0. The van der Waals surface area contributed by atoms with Crippen molar-refractivity contribution in [2.75, 3.05) is 18.4 Å². The Hall–Kier alpha value is -2.28. The summed E-state index contributed by atoms with van der Waals surface area (Å²) in [6, 6.07) is 4.59. The molecule has 1 saturated heterocycles. The van der Waals surface area contributed by atoms with Crippen LogP contribution in [0.2, 0.25) is 5.02 Å². The summed E-state index contributed by atoms with van der Waals surface area (Å²) in [5.41, 5.74) is 1.29. The van der Waals surface area contributed by atoms with Gasteiger partial charge in [-0.3, -0.25) is 9.59 Å². The van der Waals surface area contributed by atoms with E-state index in [-0.39, 0.29) is 29.0 Å². The van der Waals surface area contributed by atoms with Crippen molar-refractivity contribution >= 4 is 35.2 Å². The second kappa shape index (κ2) is 8.14. The van der Waals surface area contributed by atoms with Crippen LogP contribution in [0.4, 0.5) is 10.5 Å². The first kappa shape index (κ1) is 23.5. The molecule has 0 aromatic heterocycles. The summed E-state index contributed by atoms with van der Waals surface area (Å²) in [4.78, 5) is 38.8. The third kappa shape index (κ3) is 4.39. The molecule has 34 heavy (non-hydrogen) atoms. The molecule has 1 aromatic rings. The second-order valence-corrected chi connectivity index (χ2v) is 12.5. The zero-order chi connectivity index (χ0) is 24.3. The van der Waals surface area contributed by atoms with Gasteiger partial charge in [0.2, 0.25) is 0 Å². The van der Waals surface area contributed by atoms with E-state index in [2.05, 4.69) is 24.5 Å². The summed E-state index contributed by atoms with van der Waals surface area (Å²) in [6.07, 6.45) is 8.10. The minimum Gasteiger partial charge on any atom is -0.481 e. The van der Waals surface area contributed by atoms with Gasteiger partial charge in [-0.05, 0) is 86.3 Å². The normalized spacial score (nSPS) is 36.3. The highest BCUT2D eigenvalue weighted by molar-refractivity contribution is 6.34. The topological polar surface area (TPSA) is 98.7 Å². The lowest BCUT2D eigenvalue weighted by Crippen LogP contribution is -2.65. The van der Waals surface area contributed by atoms with Crippen molar-refractivity contribution < 1.29 is 19.5 Å². The van der Waals surface area contributed by atoms with Gasteiger partial charge in [0.15, 0.2) is 0 Å². The molecule has 3 N–H and O–H groups in total. The van der Waals surface area contributed by atoms with Gasteiger partial charge in [-0.25, -0.2) is 4.79 Å². The van der Waals surface area contributed by atoms with Crippen LogP contribution in [0.25, 0.3) is 0 Å². The van der Waals surface area contributed by atoms with E-state index in [4.69, 9.17) is 11.6 Å². The quantitative estimate of drug-likeness (QED) is 0.547. The molecular weight excluding hydrogens is 454 g/mol. The highest BCUT2D eigenvalue weighted by Crippen LogP contribution is 2.66. The van der Waals surface area contributed by atoms with E-state index < -0.39 is 11.9 Å². The molecule has 0 radical (unpaired) electrons. The molecule has 4 aliphatic carbocycles. The number of halogens is 1. The van der Waals surface area contributed by atoms with Gasteiger partial charge in [-0.2, -0.15) is 0 Å². The summed E-state index contributed by atoms with van der Waals surface area (Å²) < 4.78 is 0. The van der Waals surface area contributed by atoms with Gasteiger partial charge in [0.1, 0.15) is 0 Å². The fraction of sp³-hybridized carbons (Fsp3) is 0.654. The number of carbonyl (C=O) groups is 3. The number of carbonyl (C=O) groups excluding carboxylic acids is 2. The Labute approximate surface area is 205 Å². The molecule has 1 aromatic carbocycles. The molecule has 1 heterocycles. The number of carboxylic acid groups (broad SMARTS) is 1. The standard InChI is InChI=1S/C26H34ClN3O4/c1-24-9-16-10-25(2,13-24)15-26(11-16,14-24)29-23(34)28-20-6-5-17(8-19(20)27)21(31)30-7-3-4-18(12-30)22(32)33/h5-6,8,16,18H,3-4,7,9-15H2,1-2H3,(H,32,33)(H2,28,29,34)/t16?,18?,24-,25+,26?. The first-order chi connectivity index (χ1) is 16.0. The predicted octanol–water partition coefficient (Wildman–Crippen LogP) is 5.15. The van der Waals surface area contributed by atoms with Crippen LogP contribution in [0.5, 0.6) is 0 Å². The maximum Gasteiger partial charge on any atom is 0.319 e. The van der Waals surface area contributed by atoms with Gasteiger partial charge in [0.25, 0.3) is 5.91 Å². The lowest BCUT2D eigenvalue weighted by Gasteiger charge is -2.65. The van der Waals surface area contributed by atoms with Crippen LogP contribution in [0.15, 0.2) is 18.2 Å². The largest absolute Gasteiger partial charge is 0.481 e. The highest BCUT2D eigenvalue weighted by Gasteiger charge is 2.60. The number of hydrogen-bond donors (Lipinski definition) is 3. The maximum atomic E-state index is 13.0. The number of rotatable bonds is 4. The average Bonchev–Trinajstić information content (AvgIpc) is 2.71. The van der Waals surface area contributed by atoms with Crippen LogP contribution < -0.4 is 10.6 Å². The van der Waals surface area contributed by atoms with Gasteiger partial charge < -0.3 is 20.6 Å². The van der Waals surface area contributed by atoms with Crippen LogP contribution >= 0.6 is 11.6 Å². The number of amides is 3. The van der Waals surface area contributed by atoms with Crippen molar-refractivity contribution in [2.24, 2.45) is 22.7 Å². The van der Waals surface area contributed by atoms with Crippen molar-refractivity contribution in [1.82, 2.24) is 10.2 Å². The number of urea groups is 1. The number of nitrogens with one attached hydrogen (secondary N) is 2. The SMILES string of the molecule is C[C@]12CC3CC(NC(=O)Nc4ccc(C(=O)N5CCCC(C(=O)O)C5)cc4Cl)(C1)C[C@@](C)(C3)C2. The van der Waals surface area contributed by atoms with Gasteiger partial charge in [-0.15, -0.1) is 0 Å². The molecule has 7 nitrogen and oxygen atoms in total. The molecule has 0 spiro atoms. The number of likely N-dealkylation sites (tertiary alicyclic amines) is 1. The van der Waals surface area contributed by atoms with Crippen molar-refractivity contribution in [3.05, 3.63) is 28.8 Å². The molecule has 5 fully saturated rings. The smallest absolute Gasteiger partial charge is 0.319 e. The predicted molar refractivity (Wildman–Crippen MR) is 130 cm³/mol. The minimum absolute atomic E-state index is 0.162. The third-order valence-corrected chi connectivity index (χ3v) is 8.84. The zero-order valence-electron chi connectivity index (χ0n) is 20.0. The molecule has 5 aliphatic rings. The molecule has 3 amide bonds. The minimum atomic E-state index is -0.872. The Balaban J connectivity index is 1.25. The van der Waals surface area contributed by atoms with Gasteiger partial charge in [-0.1, -0.05) is 25.4 Å². The van der Waals surface area contributed by atoms with E-state index in [1.165, 1.54) is 19.3 Å². The summed E-state index contributed by atoms with van der Waals surface area (Å²) in [5.74, 6) is -0.968. The number of benzene rings is 1. The van der Waals surface area contributed by atoms with E-state index in [9.17, 15) is 19.5 Å². The van der Waals surface area contributed by atoms with E-state index in [0.717, 1.165) is 19.3 Å². The number of aliphatic carboxylic acids is 1. The number of hydrogen-bond acceptors (Lipinski definition) is 3.